The van der Waals surface area contributed by atoms with Crippen LogP contribution in [0.2, 0.25) is 0 Å². The molecule has 0 radical (unpaired) electrons. The van der Waals surface area contributed by atoms with E-state index in [4.69, 9.17) is 9.26 Å². The van der Waals surface area contributed by atoms with Crippen molar-refractivity contribution in [2.75, 3.05) is 6.54 Å². The quantitative estimate of drug-likeness (QED) is 0.299. The first-order chi connectivity index (χ1) is 25.2. The van der Waals surface area contributed by atoms with Crippen molar-refractivity contribution in [3.8, 4) is 5.88 Å². The maximum Gasteiger partial charge on any atom is 0.438 e. The summed E-state index contributed by atoms with van der Waals surface area (Å²) in [5.41, 5.74) is -3.05. The Morgan fingerprint density at radius 1 is 1.04 bits per heavy atom. The summed E-state index contributed by atoms with van der Waals surface area (Å²) in [7, 11) is -3.99. The molecule has 4 heterocycles. The van der Waals surface area contributed by atoms with E-state index in [0.29, 0.717) is 38.5 Å². The summed E-state index contributed by atoms with van der Waals surface area (Å²) >= 11 is 0. The van der Waals surface area contributed by atoms with Gasteiger partial charge in [-0.3, -0.25) is 23.9 Å². The van der Waals surface area contributed by atoms with Crippen molar-refractivity contribution in [2.24, 2.45) is 5.92 Å². The molecule has 5 atom stereocenters. The molecule has 0 spiro atoms. The van der Waals surface area contributed by atoms with Crippen LogP contribution in [-0.2, 0) is 30.6 Å². The number of alkyl halides is 3. The lowest BCUT2D eigenvalue weighted by molar-refractivity contribution is -0.143. The van der Waals surface area contributed by atoms with Crippen LogP contribution in [0.3, 0.4) is 0 Å². The van der Waals surface area contributed by atoms with Crippen LogP contribution in [0.25, 0.3) is 11.0 Å². The van der Waals surface area contributed by atoms with E-state index in [1.54, 1.807) is 12.1 Å². The van der Waals surface area contributed by atoms with Crippen LogP contribution in [0, 0.1) is 5.92 Å². The number of para-hydroxylation sites is 2. The highest BCUT2D eigenvalue weighted by Gasteiger charge is 2.62. The molecule has 0 bridgehead atoms. The number of nitrogens with zero attached hydrogens (tertiary/aromatic N) is 4. The summed E-state index contributed by atoms with van der Waals surface area (Å²) in [4.78, 5) is 64.1. The number of hydrogen-bond donors (Lipinski definition) is 3. The largest absolute Gasteiger partial charge is 0.471 e. The van der Waals surface area contributed by atoms with E-state index >= 15 is 0 Å². The van der Waals surface area contributed by atoms with Crippen molar-refractivity contribution < 1.29 is 50.0 Å². The van der Waals surface area contributed by atoms with E-state index in [1.165, 1.54) is 30.5 Å². The molecule has 53 heavy (non-hydrogen) atoms. The number of aromatic nitrogens is 3. The Morgan fingerprint density at radius 2 is 1.79 bits per heavy atom. The van der Waals surface area contributed by atoms with Gasteiger partial charge >= 0.3 is 6.18 Å². The van der Waals surface area contributed by atoms with Gasteiger partial charge in [0.25, 0.3) is 11.8 Å². The fourth-order valence-electron chi connectivity index (χ4n) is 6.82. The summed E-state index contributed by atoms with van der Waals surface area (Å²) in [6.45, 7) is -0.391. The molecular formula is C34H36F3N7O8S. The molecule has 2 saturated carbocycles. The number of ether oxygens (including phenoxy) is 1. The van der Waals surface area contributed by atoms with Crippen LogP contribution in [-0.4, -0.2) is 87.6 Å². The molecule has 4 amide bonds. The van der Waals surface area contributed by atoms with Gasteiger partial charge in [0.2, 0.25) is 33.4 Å². The normalized spacial score (nSPS) is 27.4. The minimum absolute atomic E-state index is 0.0215. The molecule has 3 fully saturated rings. The van der Waals surface area contributed by atoms with Crippen LogP contribution in [0.5, 0.6) is 5.88 Å². The van der Waals surface area contributed by atoms with Crippen LogP contribution in [0.1, 0.15) is 74.0 Å². The lowest BCUT2D eigenvalue weighted by Crippen LogP contribution is -2.58. The number of nitrogens with one attached hydrogen (secondary N) is 3. The topological polar surface area (TPSA) is 203 Å². The third-order valence-corrected chi connectivity index (χ3v) is 11.7. The van der Waals surface area contributed by atoms with Crippen molar-refractivity contribution in [2.45, 2.75) is 92.9 Å². The van der Waals surface area contributed by atoms with Crippen molar-refractivity contribution in [3.63, 3.8) is 0 Å². The standard InChI is InChI=1S/C34H36F3N7O8S/c35-34(36,37)27-30(40-23-10-7-6-9-22(23)38-27)52-20-16-26-29(46)41-33(32(48)43-53(49,50)21-12-13-21)17-19(33)8-4-2-1-3-5-11-25(31(47)44(26)18-20)39-28(45)24-14-15-51-42-24/h4,6-10,14-15,19-21,25-26H,1-3,5,11-13,16-18H2,(H,39,45)(H,41,46)(H,43,48)/b8-4-/t19-,20-,25+,26+,33-/m1/s1. The zero-order chi connectivity index (χ0) is 37.5. The van der Waals surface area contributed by atoms with Gasteiger partial charge in [-0.05, 0) is 50.7 Å². The summed E-state index contributed by atoms with van der Waals surface area (Å²) in [6, 6.07) is 4.62. The third kappa shape index (κ3) is 7.70. The Kier molecular flexibility index (Phi) is 9.62. The second-order valence-corrected chi connectivity index (χ2v) is 15.7. The molecular weight excluding hydrogens is 723 g/mol. The second-order valence-electron chi connectivity index (χ2n) is 13.8. The van der Waals surface area contributed by atoms with Crippen molar-refractivity contribution in [3.05, 3.63) is 60.1 Å². The molecule has 4 aliphatic rings. The zero-order valence-corrected chi connectivity index (χ0v) is 29.0. The number of amides is 4. The van der Waals surface area contributed by atoms with Crippen molar-refractivity contribution >= 4 is 44.7 Å². The van der Waals surface area contributed by atoms with Gasteiger partial charge in [0.15, 0.2) is 5.69 Å². The van der Waals surface area contributed by atoms with Gasteiger partial charge in [0.05, 0.1) is 22.8 Å². The number of halogens is 3. The molecule has 1 saturated heterocycles. The van der Waals surface area contributed by atoms with Gasteiger partial charge in [-0.15, -0.1) is 0 Å². The van der Waals surface area contributed by atoms with Crippen molar-refractivity contribution in [1.29, 1.82) is 0 Å². The Hall–Kier alpha value is -5.07. The number of hydrogen-bond acceptors (Lipinski definition) is 11. The van der Waals surface area contributed by atoms with E-state index in [2.05, 4.69) is 30.5 Å². The predicted molar refractivity (Wildman–Crippen MR) is 178 cm³/mol. The highest BCUT2D eigenvalue weighted by atomic mass is 32.2. The lowest BCUT2D eigenvalue weighted by atomic mass is 10.0. The Balaban J connectivity index is 1.21. The Bertz CT molecular complexity index is 2060. The number of benzene rings is 1. The summed E-state index contributed by atoms with van der Waals surface area (Å²) < 4.78 is 80.8. The second kappa shape index (κ2) is 14.1. The number of fused-ring (bicyclic) bond motifs is 3. The molecule has 2 aliphatic heterocycles. The smallest absolute Gasteiger partial charge is 0.438 e. The van der Waals surface area contributed by atoms with Gasteiger partial charge < -0.3 is 24.8 Å². The maximum atomic E-state index is 14.3. The molecule has 3 N–H and O–H groups in total. The number of allylic oxidation sites excluding steroid dienone is 1. The maximum absolute atomic E-state index is 14.3. The number of carbonyl (C=O) groups is 4. The first kappa shape index (κ1) is 36.3. The highest BCUT2D eigenvalue weighted by molar-refractivity contribution is 7.91. The molecule has 19 heteroatoms. The average molecular weight is 760 g/mol. The lowest BCUT2D eigenvalue weighted by Gasteiger charge is -2.29. The van der Waals surface area contributed by atoms with Gasteiger partial charge in [0, 0.05) is 18.4 Å². The fraction of sp³-hybridized carbons (Fsp3) is 0.500. The highest BCUT2D eigenvalue weighted by Crippen LogP contribution is 2.46. The van der Waals surface area contributed by atoms with Gasteiger partial charge in [-0.2, -0.15) is 13.2 Å². The minimum atomic E-state index is -4.96. The number of carbonyl (C=O) groups excluding carboxylic acids is 4. The van der Waals surface area contributed by atoms with E-state index in [1.807, 2.05) is 6.08 Å². The zero-order valence-electron chi connectivity index (χ0n) is 28.2. The molecule has 2 aliphatic carbocycles. The molecule has 7 rings (SSSR count). The van der Waals surface area contributed by atoms with Gasteiger partial charge in [-0.1, -0.05) is 42.3 Å². The van der Waals surface area contributed by atoms with Crippen LogP contribution in [0.15, 0.2) is 53.3 Å². The third-order valence-electron chi connectivity index (χ3n) is 9.90. The molecule has 15 nitrogen and oxygen atoms in total. The van der Waals surface area contributed by atoms with E-state index in [-0.39, 0.29) is 36.0 Å². The van der Waals surface area contributed by atoms with Crippen LogP contribution < -0.4 is 20.1 Å². The van der Waals surface area contributed by atoms with Crippen LogP contribution in [0.4, 0.5) is 13.2 Å². The van der Waals surface area contributed by atoms with Gasteiger partial charge in [-0.25, -0.2) is 18.4 Å². The Morgan fingerprint density at radius 3 is 2.49 bits per heavy atom. The number of sulfonamides is 1. The molecule has 1 aromatic carbocycles. The summed E-state index contributed by atoms with van der Waals surface area (Å²) in [6.07, 6.45) is 1.77. The molecule has 3 aromatic rings. The number of rotatable bonds is 7. The van der Waals surface area contributed by atoms with E-state index < -0.39 is 92.8 Å². The predicted octanol–water partition coefficient (Wildman–Crippen LogP) is 2.79. The summed E-state index contributed by atoms with van der Waals surface area (Å²) in [5.74, 6) is -4.61. The average Bonchev–Trinajstić information content (AvgIpc) is 3.97. The SMILES string of the molecule is O=C(N[C@H]1CCCCC/C=C\[C@@H]2C[C@@]2(C(=O)NS(=O)(=O)C2CC2)NC(=O)[C@@H]2C[C@@H](Oc3nc4ccccc4nc3C(F)(F)F)CN2C1=O)c1ccon1. The minimum Gasteiger partial charge on any atom is -0.471 e. The fourth-order valence-corrected chi connectivity index (χ4v) is 8.18. The summed E-state index contributed by atoms with van der Waals surface area (Å²) in [5, 5.41) is 8.26. The van der Waals surface area contributed by atoms with E-state index in [0.717, 1.165) is 4.90 Å². The Labute approximate surface area is 301 Å². The monoisotopic (exact) mass is 759 g/mol. The van der Waals surface area contributed by atoms with Gasteiger partial charge in [0.1, 0.15) is 30.0 Å². The van der Waals surface area contributed by atoms with Crippen LogP contribution >= 0.6 is 0 Å². The molecule has 0 unspecified atom stereocenters. The van der Waals surface area contributed by atoms with E-state index in [9.17, 15) is 40.8 Å². The van der Waals surface area contributed by atoms with Crippen molar-refractivity contribution in [1.82, 2.24) is 35.4 Å². The molecule has 282 valence electrons. The first-order valence-electron chi connectivity index (χ1n) is 17.3. The molecule has 2 aromatic heterocycles. The first-order valence-corrected chi connectivity index (χ1v) is 18.9.